The second-order valence-corrected chi connectivity index (χ2v) is 5.12. The molecule has 0 spiro atoms. The maximum Gasteiger partial charge on any atom is 0.123 e. The fourth-order valence-electron chi connectivity index (χ4n) is 2.32. The molecule has 0 radical (unpaired) electrons. The molecule has 0 saturated heterocycles. The van der Waals surface area contributed by atoms with Gasteiger partial charge in [0.2, 0.25) is 0 Å². The minimum atomic E-state index is -0.171. The summed E-state index contributed by atoms with van der Waals surface area (Å²) in [5, 5.41) is 3.52. The van der Waals surface area contributed by atoms with E-state index in [0.717, 1.165) is 39.0 Å². The molecule has 19 heavy (non-hydrogen) atoms. The first-order valence-electron chi connectivity index (χ1n) is 6.97. The van der Waals surface area contributed by atoms with Gasteiger partial charge in [0.25, 0.3) is 0 Å². The molecule has 0 saturated carbocycles. The Balaban J connectivity index is 1.68. The summed E-state index contributed by atoms with van der Waals surface area (Å²) in [7, 11) is 0. The van der Waals surface area contributed by atoms with Gasteiger partial charge < -0.3 is 10.1 Å². The van der Waals surface area contributed by atoms with Crippen LogP contribution in [0.2, 0.25) is 0 Å². The van der Waals surface area contributed by atoms with Crippen molar-refractivity contribution in [2.45, 2.75) is 32.2 Å². The lowest BCUT2D eigenvalue weighted by Crippen LogP contribution is -2.29. The van der Waals surface area contributed by atoms with Crippen molar-refractivity contribution in [3.63, 3.8) is 0 Å². The highest BCUT2D eigenvalue weighted by molar-refractivity contribution is 5.17. The molecular weight excluding hydrogens is 241 g/mol. The van der Waals surface area contributed by atoms with Crippen LogP contribution in [0, 0.1) is 5.82 Å². The number of nitrogens with one attached hydrogen (secondary N) is 1. The lowest BCUT2D eigenvalue weighted by atomic mass is 10.1. The predicted octanol–water partition coefficient (Wildman–Crippen LogP) is 3.08. The van der Waals surface area contributed by atoms with E-state index in [9.17, 15) is 4.39 Å². The van der Waals surface area contributed by atoms with Crippen molar-refractivity contribution in [1.29, 1.82) is 0 Å². The molecule has 3 heteroatoms. The minimum absolute atomic E-state index is 0.171. The quantitative estimate of drug-likeness (QED) is 0.796. The first kappa shape index (κ1) is 14.2. The third-order valence-corrected chi connectivity index (χ3v) is 3.45. The van der Waals surface area contributed by atoms with Crippen LogP contribution in [0.25, 0.3) is 0 Å². The summed E-state index contributed by atoms with van der Waals surface area (Å²) < 4.78 is 18.1. The van der Waals surface area contributed by atoms with E-state index in [2.05, 4.69) is 18.3 Å². The molecule has 1 aromatic rings. The molecule has 1 heterocycles. The Hall–Kier alpha value is -1.19. The number of rotatable bonds is 6. The third kappa shape index (κ3) is 5.13. The summed E-state index contributed by atoms with van der Waals surface area (Å²) in [6, 6.07) is 7.17. The fourth-order valence-corrected chi connectivity index (χ4v) is 2.32. The number of halogens is 1. The predicted molar refractivity (Wildman–Crippen MR) is 75.7 cm³/mol. The number of ether oxygens (including phenoxy) is 1. The average Bonchev–Trinajstić information content (AvgIpc) is 2.43. The SMILES string of the molecule is C[C@@H](Cc1ccc(F)cc1)NCCC1=CCOCC1. The van der Waals surface area contributed by atoms with Crippen LogP contribution in [-0.4, -0.2) is 25.8 Å². The molecule has 0 fully saturated rings. The molecule has 104 valence electrons. The van der Waals surface area contributed by atoms with E-state index in [-0.39, 0.29) is 5.82 Å². The number of hydrogen-bond acceptors (Lipinski definition) is 2. The molecular formula is C16H22FNO. The number of benzene rings is 1. The zero-order valence-electron chi connectivity index (χ0n) is 11.5. The van der Waals surface area contributed by atoms with Gasteiger partial charge in [0.15, 0.2) is 0 Å². The second kappa shape index (κ2) is 7.41. The first-order valence-corrected chi connectivity index (χ1v) is 6.97. The smallest absolute Gasteiger partial charge is 0.123 e. The van der Waals surface area contributed by atoms with Gasteiger partial charge in [-0.2, -0.15) is 0 Å². The standard InChI is InChI=1S/C16H22FNO/c1-13(12-15-2-4-16(17)5-3-15)18-9-6-14-7-10-19-11-8-14/h2-5,7,13,18H,6,8-12H2,1H3/t13-/m0/s1. The van der Waals surface area contributed by atoms with E-state index >= 15 is 0 Å². The van der Waals surface area contributed by atoms with Crippen LogP contribution in [0.5, 0.6) is 0 Å². The fraction of sp³-hybridized carbons (Fsp3) is 0.500. The molecule has 0 aliphatic carbocycles. The van der Waals surface area contributed by atoms with Gasteiger partial charge in [0, 0.05) is 6.04 Å². The van der Waals surface area contributed by atoms with Crippen molar-refractivity contribution in [3.05, 3.63) is 47.3 Å². The highest BCUT2D eigenvalue weighted by atomic mass is 19.1. The zero-order valence-corrected chi connectivity index (χ0v) is 11.5. The monoisotopic (exact) mass is 263 g/mol. The van der Waals surface area contributed by atoms with E-state index in [1.54, 1.807) is 0 Å². The Morgan fingerprint density at radius 1 is 1.32 bits per heavy atom. The van der Waals surface area contributed by atoms with E-state index in [1.165, 1.54) is 23.3 Å². The zero-order chi connectivity index (χ0) is 13.5. The normalized spacial score (nSPS) is 17.1. The lowest BCUT2D eigenvalue weighted by molar-refractivity contribution is 0.153. The lowest BCUT2D eigenvalue weighted by Gasteiger charge is -2.17. The van der Waals surface area contributed by atoms with Crippen molar-refractivity contribution in [3.8, 4) is 0 Å². The highest BCUT2D eigenvalue weighted by Gasteiger charge is 2.06. The van der Waals surface area contributed by atoms with Crippen LogP contribution in [-0.2, 0) is 11.2 Å². The number of hydrogen-bond donors (Lipinski definition) is 1. The van der Waals surface area contributed by atoms with Crippen molar-refractivity contribution in [1.82, 2.24) is 5.32 Å². The Labute approximate surface area is 114 Å². The van der Waals surface area contributed by atoms with Crippen molar-refractivity contribution in [2.24, 2.45) is 0 Å². The van der Waals surface area contributed by atoms with E-state index in [1.807, 2.05) is 12.1 Å². The van der Waals surface area contributed by atoms with Crippen LogP contribution in [0.1, 0.15) is 25.3 Å². The average molecular weight is 263 g/mol. The Bertz CT molecular complexity index is 413. The molecule has 1 aromatic carbocycles. The molecule has 2 nitrogen and oxygen atoms in total. The van der Waals surface area contributed by atoms with Crippen molar-refractivity contribution >= 4 is 0 Å². The molecule has 1 aliphatic heterocycles. The van der Waals surface area contributed by atoms with Gasteiger partial charge in [-0.05, 0) is 50.4 Å². The molecule has 0 aromatic heterocycles. The largest absolute Gasteiger partial charge is 0.377 e. The summed E-state index contributed by atoms with van der Waals surface area (Å²) in [4.78, 5) is 0. The Kier molecular flexibility index (Phi) is 5.55. The molecule has 1 atom stereocenters. The van der Waals surface area contributed by atoms with Crippen molar-refractivity contribution in [2.75, 3.05) is 19.8 Å². The van der Waals surface area contributed by atoms with Gasteiger partial charge in [-0.25, -0.2) is 4.39 Å². The van der Waals surface area contributed by atoms with Gasteiger partial charge in [-0.3, -0.25) is 0 Å². The Morgan fingerprint density at radius 3 is 2.79 bits per heavy atom. The van der Waals surface area contributed by atoms with Crippen LogP contribution in [0.3, 0.4) is 0 Å². The van der Waals surface area contributed by atoms with Gasteiger partial charge in [0.05, 0.1) is 13.2 Å². The summed E-state index contributed by atoms with van der Waals surface area (Å²) in [5.74, 6) is -0.171. The summed E-state index contributed by atoms with van der Waals surface area (Å²) in [5.41, 5.74) is 2.67. The van der Waals surface area contributed by atoms with Crippen LogP contribution < -0.4 is 5.32 Å². The second-order valence-electron chi connectivity index (χ2n) is 5.12. The molecule has 1 N–H and O–H groups in total. The first-order chi connectivity index (χ1) is 9.24. The maximum absolute atomic E-state index is 12.8. The molecule has 2 rings (SSSR count). The topological polar surface area (TPSA) is 21.3 Å². The van der Waals surface area contributed by atoms with Crippen LogP contribution >= 0.6 is 0 Å². The summed E-state index contributed by atoms with van der Waals surface area (Å²) in [6.07, 6.45) is 5.28. The Morgan fingerprint density at radius 2 is 2.11 bits per heavy atom. The van der Waals surface area contributed by atoms with Gasteiger partial charge >= 0.3 is 0 Å². The highest BCUT2D eigenvalue weighted by Crippen LogP contribution is 2.11. The molecule has 0 bridgehead atoms. The molecule has 0 unspecified atom stereocenters. The molecule has 0 amide bonds. The summed E-state index contributed by atoms with van der Waals surface area (Å²) in [6.45, 7) is 4.79. The summed E-state index contributed by atoms with van der Waals surface area (Å²) >= 11 is 0. The van der Waals surface area contributed by atoms with Gasteiger partial charge in [-0.1, -0.05) is 23.8 Å². The van der Waals surface area contributed by atoms with E-state index in [0.29, 0.717) is 6.04 Å². The molecule has 1 aliphatic rings. The minimum Gasteiger partial charge on any atom is -0.377 e. The van der Waals surface area contributed by atoms with Crippen LogP contribution in [0.4, 0.5) is 4.39 Å². The van der Waals surface area contributed by atoms with E-state index < -0.39 is 0 Å². The third-order valence-electron chi connectivity index (χ3n) is 3.45. The van der Waals surface area contributed by atoms with Gasteiger partial charge in [-0.15, -0.1) is 0 Å². The van der Waals surface area contributed by atoms with Crippen molar-refractivity contribution < 1.29 is 9.13 Å². The maximum atomic E-state index is 12.8. The van der Waals surface area contributed by atoms with Crippen LogP contribution in [0.15, 0.2) is 35.9 Å². The van der Waals surface area contributed by atoms with Gasteiger partial charge in [0.1, 0.15) is 5.82 Å². The van der Waals surface area contributed by atoms with E-state index in [4.69, 9.17) is 4.74 Å².